The minimum Gasteiger partial charge on any atom is -0.463 e. The monoisotopic (exact) mass is 401 g/mol. The Morgan fingerprint density at radius 2 is 1.93 bits per heavy atom. The van der Waals surface area contributed by atoms with Crippen molar-refractivity contribution < 1.29 is 23.4 Å². The molecule has 7 heteroatoms. The van der Waals surface area contributed by atoms with Gasteiger partial charge in [-0.3, -0.25) is 0 Å². The molecular weight excluding hydrogens is 376 g/mol. The van der Waals surface area contributed by atoms with E-state index in [1.807, 2.05) is 0 Å². The number of aliphatic hydroxyl groups is 1. The molecule has 150 valence electrons. The molecule has 1 aromatic rings. The average Bonchev–Trinajstić information content (AvgIpc) is 3.02. The molecule has 3 rings (SSSR count). The van der Waals surface area contributed by atoms with Crippen LogP contribution in [0, 0.1) is 11.8 Å². The van der Waals surface area contributed by atoms with Crippen molar-refractivity contribution in [3.63, 3.8) is 0 Å². The predicted molar refractivity (Wildman–Crippen MR) is 98.8 cm³/mol. The summed E-state index contributed by atoms with van der Waals surface area (Å²) in [4.78, 5) is 12.8. The Bertz CT molecular complexity index is 649. The summed E-state index contributed by atoms with van der Waals surface area (Å²) in [5, 5.41) is 15.0. The van der Waals surface area contributed by atoms with Crippen LogP contribution in [0.15, 0.2) is 24.3 Å². The molecule has 0 radical (unpaired) electrons. The highest BCUT2D eigenvalue weighted by atomic mass is 35.5. The number of carbonyl (C=O) groups excluding carboxylic acids is 1. The predicted octanol–water partition coefficient (Wildman–Crippen LogP) is 3.90. The second-order valence-electron chi connectivity index (χ2n) is 7.69. The molecule has 0 unspecified atom stereocenters. The van der Waals surface area contributed by atoms with E-state index in [1.165, 1.54) is 24.3 Å². The molecule has 1 saturated carbocycles. The average molecular weight is 402 g/mol. The topological polar surface area (TPSA) is 58.6 Å². The first-order valence-electron chi connectivity index (χ1n) is 9.55. The summed E-state index contributed by atoms with van der Waals surface area (Å²) in [7, 11) is 0. The van der Waals surface area contributed by atoms with E-state index >= 15 is 0 Å². The van der Waals surface area contributed by atoms with E-state index in [4.69, 9.17) is 16.3 Å². The zero-order valence-electron chi connectivity index (χ0n) is 15.2. The first kappa shape index (κ1) is 20.5. The lowest BCUT2D eigenvalue weighted by atomic mass is 9.80. The van der Waals surface area contributed by atoms with Gasteiger partial charge in [-0.25, -0.2) is 13.6 Å². The molecule has 27 heavy (non-hydrogen) atoms. The molecule has 1 aliphatic heterocycles. The lowest BCUT2D eigenvalue weighted by Crippen LogP contribution is -2.44. The number of benzene rings is 1. The summed E-state index contributed by atoms with van der Waals surface area (Å²) in [6, 6.07) is 6.09. The standard InChI is InChI=1S/C20H26ClF2NO3/c21-17-3-1-15(2-4-17)20(26,16-5-9-19(22,23)13-16)18(25)27-12-8-14-6-10-24-11-7-14/h1-4,14,16,24,26H,5-13H2/t16-,20+/m1/s1. The molecule has 2 N–H and O–H groups in total. The van der Waals surface area contributed by atoms with Gasteiger partial charge in [-0.2, -0.15) is 0 Å². The third-order valence-corrected chi connectivity index (χ3v) is 6.06. The van der Waals surface area contributed by atoms with Gasteiger partial charge in [0.1, 0.15) is 0 Å². The highest BCUT2D eigenvalue weighted by Crippen LogP contribution is 2.48. The number of hydrogen-bond acceptors (Lipinski definition) is 4. The van der Waals surface area contributed by atoms with Crippen molar-refractivity contribution in [2.45, 2.75) is 50.0 Å². The summed E-state index contributed by atoms with van der Waals surface area (Å²) in [5.41, 5.74) is -1.83. The Hall–Kier alpha value is -1.24. The van der Waals surface area contributed by atoms with Crippen LogP contribution in [-0.2, 0) is 15.1 Å². The molecule has 1 saturated heterocycles. The van der Waals surface area contributed by atoms with Gasteiger partial charge in [0, 0.05) is 23.8 Å². The summed E-state index contributed by atoms with van der Waals surface area (Å²) >= 11 is 5.89. The fraction of sp³-hybridized carbons (Fsp3) is 0.650. The highest BCUT2D eigenvalue weighted by molar-refractivity contribution is 6.30. The minimum atomic E-state index is -2.87. The SMILES string of the molecule is O=C(OCCC1CCNCC1)[C@](O)(c1ccc(Cl)cc1)[C@@H]1CCC(F)(F)C1. The van der Waals surface area contributed by atoms with Crippen molar-refractivity contribution in [1.82, 2.24) is 5.32 Å². The highest BCUT2D eigenvalue weighted by Gasteiger charge is 2.54. The van der Waals surface area contributed by atoms with E-state index in [0.29, 0.717) is 17.4 Å². The van der Waals surface area contributed by atoms with Crippen LogP contribution in [0.25, 0.3) is 0 Å². The van der Waals surface area contributed by atoms with Crippen LogP contribution in [0.2, 0.25) is 5.02 Å². The quantitative estimate of drug-likeness (QED) is 0.710. The number of alkyl halides is 2. The molecule has 0 aromatic heterocycles. The van der Waals surface area contributed by atoms with Crippen molar-refractivity contribution in [3.8, 4) is 0 Å². The Labute approximate surface area is 163 Å². The van der Waals surface area contributed by atoms with E-state index in [-0.39, 0.29) is 25.0 Å². The molecule has 1 heterocycles. The van der Waals surface area contributed by atoms with Gasteiger partial charge < -0.3 is 15.2 Å². The van der Waals surface area contributed by atoms with Gasteiger partial charge in [-0.15, -0.1) is 0 Å². The maximum absolute atomic E-state index is 13.8. The Morgan fingerprint density at radius 3 is 2.52 bits per heavy atom. The molecular formula is C20H26ClF2NO3. The van der Waals surface area contributed by atoms with E-state index < -0.39 is 29.8 Å². The Morgan fingerprint density at radius 1 is 1.26 bits per heavy atom. The second-order valence-corrected chi connectivity index (χ2v) is 8.12. The largest absolute Gasteiger partial charge is 0.463 e. The zero-order valence-corrected chi connectivity index (χ0v) is 16.0. The summed E-state index contributed by atoms with van der Waals surface area (Å²) in [6.45, 7) is 2.08. The van der Waals surface area contributed by atoms with E-state index in [2.05, 4.69) is 5.32 Å². The van der Waals surface area contributed by atoms with Gasteiger partial charge in [0.25, 0.3) is 0 Å². The molecule has 0 amide bonds. The molecule has 2 fully saturated rings. The second kappa shape index (κ2) is 8.41. The fourth-order valence-corrected chi connectivity index (χ4v) is 4.26. The third kappa shape index (κ3) is 4.79. The van der Waals surface area contributed by atoms with Crippen molar-refractivity contribution in [1.29, 1.82) is 0 Å². The molecule has 1 aliphatic carbocycles. The van der Waals surface area contributed by atoms with E-state index in [1.54, 1.807) is 0 Å². The molecule has 4 nitrogen and oxygen atoms in total. The van der Waals surface area contributed by atoms with Crippen molar-refractivity contribution in [2.24, 2.45) is 11.8 Å². The molecule has 1 aromatic carbocycles. The van der Waals surface area contributed by atoms with Crippen molar-refractivity contribution >= 4 is 17.6 Å². The van der Waals surface area contributed by atoms with Gasteiger partial charge >= 0.3 is 5.97 Å². The summed E-state index contributed by atoms with van der Waals surface area (Å²) in [5.74, 6) is -4.14. The van der Waals surface area contributed by atoms with Crippen molar-refractivity contribution in [3.05, 3.63) is 34.9 Å². The number of rotatable bonds is 6. The summed E-state index contributed by atoms with van der Waals surface area (Å²) < 4.78 is 32.9. The van der Waals surface area contributed by atoms with Crippen LogP contribution in [-0.4, -0.2) is 36.7 Å². The lowest BCUT2D eigenvalue weighted by Gasteiger charge is -2.32. The summed E-state index contributed by atoms with van der Waals surface area (Å²) in [6.07, 6.45) is 1.95. The normalized spacial score (nSPS) is 25.1. The van der Waals surface area contributed by atoms with Crippen LogP contribution in [0.1, 0.15) is 44.1 Å². The van der Waals surface area contributed by atoms with Gasteiger partial charge in [0.2, 0.25) is 5.92 Å². The molecule has 0 spiro atoms. The van der Waals surface area contributed by atoms with Gasteiger partial charge in [0.05, 0.1) is 6.61 Å². The Balaban J connectivity index is 1.72. The number of piperidine rings is 1. The smallest absolute Gasteiger partial charge is 0.343 e. The molecule has 0 bridgehead atoms. The number of carbonyl (C=O) groups is 1. The minimum absolute atomic E-state index is 0.0650. The maximum Gasteiger partial charge on any atom is 0.343 e. The maximum atomic E-state index is 13.8. The lowest BCUT2D eigenvalue weighted by molar-refractivity contribution is -0.175. The number of nitrogens with one attached hydrogen (secondary N) is 1. The van der Waals surface area contributed by atoms with Crippen LogP contribution in [0.4, 0.5) is 8.78 Å². The van der Waals surface area contributed by atoms with Crippen LogP contribution in [0.5, 0.6) is 0 Å². The number of esters is 1. The van der Waals surface area contributed by atoms with Crippen molar-refractivity contribution in [2.75, 3.05) is 19.7 Å². The Kier molecular flexibility index (Phi) is 6.39. The first-order chi connectivity index (χ1) is 12.8. The third-order valence-electron chi connectivity index (χ3n) is 5.81. The number of ether oxygens (including phenoxy) is 1. The molecule has 2 aliphatic rings. The number of halogens is 3. The van der Waals surface area contributed by atoms with Gasteiger partial charge in [0.15, 0.2) is 5.60 Å². The number of hydrogen-bond donors (Lipinski definition) is 2. The van der Waals surface area contributed by atoms with E-state index in [0.717, 1.165) is 25.9 Å². The van der Waals surface area contributed by atoms with Crippen LogP contribution >= 0.6 is 11.6 Å². The fourth-order valence-electron chi connectivity index (χ4n) is 4.13. The van der Waals surface area contributed by atoms with Crippen LogP contribution < -0.4 is 5.32 Å². The van der Waals surface area contributed by atoms with Crippen LogP contribution in [0.3, 0.4) is 0 Å². The van der Waals surface area contributed by atoms with Gasteiger partial charge in [-0.05, 0) is 62.4 Å². The first-order valence-corrected chi connectivity index (χ1v) is 9.93. The van der Waals surface area contributed by atoms with E-state index in [9.17, 15) is 18.7 Å². The molecule has 2 atom stereocenters. The zero-order chi connectivity index (χ0) is 19.5. The van der Waals surface area contributed by atoms with Gasteiger partial charge in [-0.1, -0.05) is 23.7 Å².